The first-order valence-electron chi connectivity index (χ1n) is 7.46. The fourth-order valence-electron chi connectivity index (χ4n) is 2.52. The highest BCUT2D eigenvalue weighted by molar-refractivity contribution is 8.04. The number of nitro benzene ring substituents is 1. The van der Waals surface area contributed by atoms with Gasteiger partial charge in [-0.15, -0.1) is 11.8 Å². The van der Waals surface area contributed by atoms with E-state index in [0.717, 1.165) is 0 Å². The second kappa shape index (κ2) is 7.04. The molecule has 0 aliphatic carbocycles. The molecule has 0 bridgehead atoms. The molecule has 1 aromatic rings. The van der Waals surface area contributed by atoms with Crippen molar-refractivity contribution in [3.63, 3.8) is 0 Å². The molecule has 11 heteroatoms. The zero-order valence-corrected chi connectivity index (χ0v) is 14.0. The summed E-state index contributed by atoms with van der Waals surface area (Å²) in [6.07, 6.45) is -0.489. The summed E-state index contributed by atoms with van der Waals surface area (Å²) in [4.78, 5) is 46.2. The molecular formula is C15H13N3O7S. The number of amides is 2. The number of alkyl carbamates (subject to hydrolysis) is 1. The van der Waals surface area contributed by atoms with E-state index in [4.69, 9.17) is 4.74 Å². The second-order valence-electron chi connectivity index (χ2n) is 5.47. The van der Waals surface area contributed by atoms with Crippen molar-refractivity contribution in [1.82, 2.24) is 10.2 Å². The number of carboxylic acid groups (broad SMARTS) is 1. The number of hydrogen-bond donors (Lipinski definition) is 2. The molecule has 1 saturated heterocycles. The normalized spacial score (nSPS) is 18.2. The van der Waals surface area contributed by atoms with Gasteiger partial charge in [0.05, 0.1) is 23.3 Å². The van der Waals surface area contributed by atoms with Gasteiger partial charge in [-0.3, -0.25) is 19.8 Å². The van der Waals surface area contributed by atoms with Crippen molar-refractivity contribution in [2.24, 2.45) is 0 Å². The highest BCUT2D eigenvalue weighted by Gasteiger charge is 2.48. The van der Waals surface area contributed by atoms with Crippen LogP contribution >= 0.6 is 11.8 Å². The highest BCUT2D eigenvalue weighted by atomic mass is 32.2. The van der Waals surface area contributed by atoms with Crippen molar-refractivity contribution in [3.05, 3.63) is 50.5 Å². The van der Waals surface area contributed by atoms with Crippen LogP contribution in [-0.4, -0.2) is 44.8 Å². The number of carbonyl (C=O) groups excluding carboxylic acids is 2. The molecule has 1 atom stereocenters. The summed E-state index contributed by atoms with van der Waals surface area (Å²) in [5, 5.41) is 22.0. The number of fused-ring (bicyclic) bond motifs is 1. The van der Waals surface area contributed by atoms with Gasteiger partial charge in [-0.25, -0.2) is 9.59 Å². The number of ether oxygens (including phenoxy) is 1. The molecule has 1 fully saturated rings. The van der Waals surface area contributed by atoms with Gasteiger partial charge in [0.2, 0.25) is 5.91 Å². The molecule has 2 N–H and O–H groups in total. The number of thioether (sulfide) groups is 1. The topological polar surface area (TPSA) is 139 Å². The molecule has 0 spiro atoms. The predicted octanol–water partition coefficient (Wildman–Crippen LogP) is 1.42. The van der Waals surface area contributed by atoms with Gasteiger partial charge in [-0.1, -0.05) is 0 Å². The van der Waals surface area contributed by atoms with E-state index < -0.39 is 17.0 Å². The van der Waals surface area contributed by atoms with Crippen LogP contribution in [0.25, 0.3) is 0 Å². The van der Waals surface area contributed by atoms with Gasteiger partial charge < -0.3 is 15.2 Å². The quantitative estimate of drug-likeness (QED) is 0.430. The number of β-lactam (4-membered cyclic amide) rings is 1. The number of hydrogen-bond acceptors (Lipinski definition) is 7. The van der Waals surface area contributed by atoms with E-state index in [1.165, 1.54) is 40.9 Å². The minimum absolute atomic E-state index is 0.0638. The van der Waals surface area contributed by atoms with Crippen molar-refractivity contribution >= 4 is 35.4 Å². The van der Waals surface area contributed by atoms with Crippen molar-refractivity contribution < 1.29 is 29.2 Å². The Balaban J connectivity index is 1.52. The average molecular weight is 379 g/mol. The number of benzene rings is 1. The van der Waals surface area contributed by atoms with Crippen LogP contribution in [0.15, 0.2) is 34.9 Å². The zero-order valence-electron chi connectivity index (χ0n) is 13.2. The summed E-state index contributed by atoms with van der Waals surface area (Å²) < 4.78 is 4.99. The maximum absolute atomic E-state index is 11.8. The third-order valence-electron chi connectivity index (χ3n) is 3.80. The van der Waals surface area contributed by atoms with Gasteiger partial charge in [0.15, 0.2) is 0 Å². The summed E-state index contributed by atoms with van der Waals surface area (Å²) in [5.41, 5.74) is 0.400. The van der Waals surface area contributed by atoms with Crippen LogP contribution in [0.4, 0.5) is 10.5 Å². The lowest BCUT2D eigenvalue weighted by Gasteiger charge is -2.33. The van der Waals surface area contributed by atoms with Crippen molar-refractivity contribution in [1.29, 1.82) is 0 Å². The first kappa shape index (κ1) is 17.7. The number of carbonyl (C=O) groups is 3. The average Bonchev–Trinajstić information content (AvgIpc) is 2.90. The number of rotatable bonds is 6. The van der Waals surface area contributed by atoms with Gasteiger partial charge in [0, 0.05) is 17.0 Å². The Hall–Kier alpha value is -3.08. The Labute approximate surface area is 150 Å². The molecule has 2 amide bonds. The molecule has 3 rings (SSSR count). The maximum Gasteiger partial charge on any atom is 0.407 e. The van der Waals surface area contributed by atoms with E-state index in [0.29, 0.717) is 10.5 Å². The van der Waals surface area contributed by atoms with Crippen molar-refractivity contribution in [2.45, 2.75) is 18.4 Å². The van der Waals surface area contributed by atoms with E-state index in [1.54, 1.807) is 0 Å². The summed E-state index contributed by atoms with van der Waals surface area (Å²) in [7, 11) is 0. The molecule has 1 unspecified atom stereocenters. The molecule has 0 radical (unpaired) electrons. The van der Waals surface area contributed by atoms with E-state index in [-0.39, 0.29) is 42.2 Å². The second-order valence-corrected chi connectivity index (χ2v) is 6.74. The molecule has 136 valence electrons. The summed E-state index contributed by atoms with van der Waals surface area (Å²) in [6, 6.07) is 5.55. The molecule has 0 aromatic heterocycles. The molecule has 2 aliphatic heterocycles. The van der Waals surface area contributed by atoms with Crippen LogP contribution in [0.3, 0.4) is 0 Å². The van der Waals surface area contributed by atoms with Crippen LogP contribution in [0.1, 0.15) is 12.0 Å². The van der Waals surface area contributed by atoms with Gasteiger partial charge in [0.25, 0.3) is 5.69 Å². The van der Waals surface area contributed by atoms with E-state index in [2.05, 4.69) is 5.32 Å². The van der Waals surface area contributed by atoms with Crippen LogP contribution in [0.2, 0.25) is 0 Å². The van der Waals surface area contributed by atoms with Gasteiger partial charge in [-0.05, 0) is 17.7 Å². The summed E-state index contributed by atoms with van der Waals surface area (Å²) >= 11 is 1.23. The Kier molecular flexibility index (Phi) is 4.80. The molecule has 10 nitrogen and oxygen atoms in total. The third-order valence-corrected chi connectivity index (χ3v) is 5.07. The van der Waals surface area contributed by atoms with Crippen molar-refractivity contribution in [2.75, 3.05) is 6.54 Å². The molecule has 2 aliphatic rings. The first-order chi connectivity index (χ1) is 12.4. The van der Waals surface area contributed by atoms with Crippen LogP contribution in [0, 0.1) is 10.1 Å². The van der Waals surface area contributed by atoms with E-state index in [1.807, 2.05) is 0 Å². The highest BCUT2D eigenvalue weighted by Crippen LogP contribution is 2.45. The van der Waals surface area contributed by atoms with E-state index >= 15 is 0 Å². The molecular weight excluding hydrogens is 366 g/mol. The lowest BCUT2D eigenvalue weighted by molar-refractivity contribution is -0.384. The Morgan fingerprint density at radius 1 is 1.38 bits per heavy atom. The SMILES string of the molecule is O=C(NCC1=C(C(=O)O)N2C(=O)CC2S1)OCc1ccc([N+](=O)[O-])cc1. The third kappa shape index (κ3) is 3.47. The number of non-ortho nitro benzene ring substituents is 1. The van der Waals surface area contributed by atoms with E-state index in [9.17, 15) is 29.6 Å². The molecule has 2 heterocycles. The number of nitro groups is 1. The number of nitrogens with one attached hydrogen (secondary N) is 1. The Morgan fingerprint density at radius 2 is 2.08 bits per heavy atom. The number of nitrogens with zero attached hydrogens (tertiary/aromatic N) is 2. The van der Waals surface area contributed by atoms with Gasteiger partial charge in [-0.2, -0.15) is 0 Å². The maximum atomic E-state index is 11.8. The standard InChI is InChI=1S/C15H13N3O7S/c19-11-5-12-17(11)13(14(20)21)10(26-12)6-16-15(22)25-7-8-1-3-9(4-2-8)18(23)24/h1-4,12H,5-7H2,(H,16,22)(H,20,21). The summed E-state index contributed by atoms with van der Waals surface area (Å²) in [5.74, 6) is -1.47. The summed E-state index contributed by atoms with van der Waals surface area (Å²) in [6.45, 7) is -0.152. The monoisotopic (exact) mass is 379 g/mol. The van der Waals surface area contributed by atoms with Crippen molar-refractivity contribution in [3.8, 4) is 0 Å². The zero-order chi connectivity index (χ0) is 18.8. The predicted molar refractivity (Wildman–Crippen MR) is 88.8 cm³/mol. The van der Waals surface area contributed by atoms with Gasteiger partial charge >= 0.3 is 12.1 Å². The Morgan fingerprint density at radius 3 is 2.65 bits per heavy atom. The molecule has 26 heavy (non-hydrogen) atoms. The van der Waals surface area contributed by atoms with Crippen LogP contribution in [-0.2, 0) is 20.9 Å². The smallest absolute Gasteiger partial charge is 0.407 e. The lowest BCUT2D eigenvalue weighted by Crippen LogP contribution is -2.48. The minimum atomic E-state index is -1.22. The first-order valence-corrected chi connectivity index (χ1v) is 8.34. The number of aliphatic carboxylic acids is 1. The number of carboxylic acids is 1. The van der Waals surface area contributed by atoms with Crippen LogP contribution < -0.4 is 5.32 Å². The fourth-order valence-corrected chi connectivity index (χ4v) is 3.85. The van der Waals surface area contributed by atoms with Gasteiger partial charge in [0.1, 0.15) is 12.3 Å². The largest absolute Gasteiger partial charge is 0.477 e. The fraction of sp³-hybridized carbons (Fsp3) is 0.267. The molecule has 0 saturated carbocycles. The minimum Gasteiger partial charge on any atom is -0.477 e. The molecule has 1 aromatic carbocycles. The lowest BCUT2D eigenvalue weighted by atomic mass is 10.1. The Bertz CT molecular complexity index is 821. The van der Waals surface area contributed by atoms with Crippen LogP contribution in [0.5, 0.6) is 0 Å².